The van der Waals surface area contributed by atoms with Gasteiger partial charge in [0.15, 0.2) is 11.5 Å². The normalized spacial score (nSPS) is 17.8. The first-order valence-corrected chi connectivity index (χ1v) is 9.20. The van der Waals surface area contributed by atoms with Gasteiger partial charge in [-0.2, -0.15) is 0 Å². The van der Waals surface area contributed by atoms with Crippen LogP contribution in [0.5, 0.6) is 0 Å². The quantitative estimate of drug-likeness (QED) is 0.867. The molecule has 3 heterocycles. The van der Waals surface area contributed by atoms with Crippen LogP contribution in [-0.4, -0.2) is 59.4 Å². The molecule has 4 rings (SSSR count). The van der Waals surface area contributed by atoms with Crippen molar-refractivity contribution in [3.05, 3.63) is 35.3 Å². The third-order valence-corrected chi connectivity index (χ3v) is 5.24. The third-order valence-electron chi connectivity index (χ3n) is 5.24. The second-order valence-corrected chi connectivity index (χ2v) is 7.03. The molecule has 1 amide bonds. The van der Waals surface area contributed by atoms with Gasteiger partial charge >= 0.3 is 0 Å². The highest BCUT2D eigenvalue weighted by molar-refractivity contribution is 5.92. The molecule has 2 aromatic heterocycles. The molecule has 0 aromatic carbocycles. The molecule has 0 unspecified atom stereocenters. The molecule has 1 saturated carbocycles. The molecule has 0 radical (unpaired) electrons. The van der Waals surface area contributed by atoms with Crippen LogP contribution in [0.4, 0.5) is 5.82 Å². The van der Waals surface area contributed by atoms with Gasteiger partial charge < -0.3 is 19.6 Å². The molecule has 0 bridgehead atoms. The fourth-order valence-corrected chi connectivity index (χ4v) is 3.41. The van der Waals surface area contributed by atoms with Crippen LogP contribution < -0.4 is 10.2 Å². The molecular formula is C18H24N6O2. The fraction of sp³-hybridized carbons (Fsp3) is 0.556. The van der Waals surface area contributed by atoms with E-state index in [9.17, 15) is 4.79 Å². The Morgan fingerprint density at radius 1 is 1.31 bits per heavy atom. The van der Waals surface area contributed by atoms with Crippen LogP contribution in [0.25, 0.3) is 0 Å². The first kappa shape index (κ1) is 17.0. The van der Waals surface area contributed by atoms with Crippen molar-refractivity contribution in [2.45, 2.75) is 31.7 Å². The highest BCUT2D eigenvalue weighted by Crippen LogP contribution is 2.37. The van der Waals surface area contributed by atoms with Gasteiger partial charge in [-0.3, -0.25) is 4.79 Å². The molecule has 0 atom stereocenters. The molecular weight excluding hydrogens is 332 g/mol. The zero-order valence-corrected chi connectivity index (χ0v) is 15.0. The molecule has 2 aliphatic rings. The lowest BCUT2D eigenvalue weighted by Gasteiger charge is -2.27. The largest absolute Gasteiger partial charge is 0.364 e. The summed E-state index contributed by atoms with van der Waals surface area (Å²) in [5.41, 5.74) is 2.56. The van der Waals surface area contributed by atoms with Crippen molar-refractivity contribution >= 4 is 11.7 Å². The monoisotopic (exact) mass is 356 g/mol. The maximum Gasteiger partial charge on any atom is 0.274 e. The predicted molar refractivity (Wildman–Crippen MR) is 96.0 cm³/mol. The summed E-state index contributed by atoms with van der Waals surface area (Å²) in [4.78, 5) is 16.3. The van der Waals surface area contributed by atoms with E-state index in [0.717, 1.165) is 30.2 Å². The lowest BCUT2D eigenvalue weighted by atomic mass is 9.81. The van der Waals surface area contributed by atoms with Crippen molar-refractivity contribution in [2.24, 2.45) is 0 Å². The zero-order valence-electron chi connectivity index (χ0n) is 15.0. The minimum Gasteiger partial charge on any atom is -0.364 e. The summed E-state index contributed by atoms with van der Waals surface area (Å²) in [6, 6.07) is 3.60. The van der Waals surface area contributed by atoms with Gasteiger partial charge in [-0.25, -0.2) is 0 Å². The number of carbonyl (C=O) groups is 1. The Morgan fingerprint density at radius 2 is 2.12 bits per heavy atom. The van der Waals surface area contributed by atoms with Crippen molar-refractivity contribution in [1.29, 1.82) is 0 Å². The van der Waals surface area contributed by atoms with E-state index in [2.05, 4.69) is 20.7 Å². The molecule has 26 heavy (non-hydrogen) atoms. The van der Waals surface area contributed by atoms with Crippen LogP contribution in [0.2, 0.25) is 0 Å². The number of carbonyl (C=O) groups excluding carboxylic acids is 1. The molecule has 8 nitrogen and oxygen atoms in total. The standard InChI is InChI=1S/C18H24N6O2/c1-23(11-14-12-26-22-17(14)13-3-2-4-13)16-6-5-15(20-21-16)18(25)24-9-7-19-8-10-24/h5-6,12-13,19H,2-4,7-11H2,1H3. The van der Waals surface area contributed by atoms with E-state index in [1.165, 1.54) is 19.3 Å². The van der Waals surface area contributed by atoms with Crippen molar-refractivity contribution in [3.63, 3.8) is 0 Å². The Hall–Kier alpha value is -2.48. The Kier molecular flexibility index (Phi) is 4.83. The van der Waals surface area contributed by atoms with Crippen LogP contribution in [-0.2, 0) is 6.54 Å². The summed E-state index contributed by atoms with van der Waals surface area (Å²) in [6.45, 7) is 3.72. The first-order valence-electron chi connectivity index (χ1n) is 9.20. The summed E-state index contributed by atoms with van der Waals surface area (Å²) < 4.78 is 5.19. The molecule has 1 N–H and O–H groups in total. The number of amides is 1. The van der Waals surface area contributed by atoms with Gasteiger partial charge in [0.1, 0.15) is 6.26 Å². The summed E-state index contributed by atoms with van der Waals surface area (Å²) in [7, 11) is 1.96. The summed E-state index contributed by atoms with van der Waals surface area (Å²) in [6.07, 6.45) is 5.36. The Bertz CT molecular complexity index is 749. The molecule has 8 heteroatoms. The maximum absolute atomic E-state index is 12.5. The number of hydrogen-bond donors (Lipinski definition) is 1. The molecule has 0 spiro atoms. The van der Waals surface area contributed by atoms with Crippen LogP contribution in [0, 0.1) is 0 Å². The van der Waals surface area contributed by atoms with E-state index in [4.69, 9.17) is 4.52 Å². The van der Waals surface area contributed by atoms with Gasteiger partial charge in [-0.15, -0.1) is 10.2 Å². The highest BCUT2D eigenvalue weighted by Gasteiger charge is 2.26. The number of hydrogen-bond acceptors (Lipinski definition) is 7. The minimum absolute atomic E-state index is 0.0560. The Morgan fingerprint density at radius 3 is 2.77 bits per heavy atom. The number of rotatable bonds is 5. The lowest BCUT2D eigenvalue weighted by Crippen LogP contribution is -2.46. The van der Waals surface area contributed by atoms with E-state index in [1.54, 1.807) is 12.3 Å². The van der Waals surface area contributed by atoms with Gasteiger partial charge in [0.25, 0.3) is 5.91 Å². The molecule has 1 aliphatic heterocycles. The smallest absolute Gasteiger partial charge is 0.274 e. The third kappa shape index (κ3) is 3.41. The summed E-state index contributed by atoms with van der Waals surface area (Å²) >= 11 is 0. The average molecular weight is 356 g/mol. The number of aromatic nitrogens is 3. The molecule has 1 aliphatic carbocycles. The van der Waals surface area contributed by atoms with Crippen molar-refractivity contribution in [3.8, 4) is 0 Å². The van der Waals surface area contributed by atoms with Crippen molar-refractivity contribution in [2.75, 3.05) is 38.1 Å². The second-order valence-electron chi connectivity index (χ2n) is 7.03. The molecule has 1 saturated heterocycles. The van der Waals surface area contributed by atoms with Crippen LogP contribution in [0.1, 0.15) is 46.9 Å². The van der Waals surface area contributed by atoms with Crippen molar-refractivity contribution < 1.29 is 9.32 Å². The number of nitrogens with one attached hydrogen (secondary N) is 1. The van der Waals surface area contributed by atoms with Crippen LogP contribution >= 0.6 is 0 Å². The van der Waals surface area contributed by atoms with E-state index < -0.39 is 0 Å². The lowest BCUT2D eigenvalue weighted by molar-refractivity contribution is 0.0728. The van der Waals surface area contributed by atoms with Gasteiger partial charge in [-0.1, -0.05) is 11.6 Å². The van der Waals surface area contributed by atoms with E-state index in [0.29, 0.717) is 31.2 Å². The average Bonchev–Trinajstić information content (AvgIpc) is 3.08. The Labute approximate surface area is 152 Å². The number of anilines is 1. The first-order chi connectivity index (χ1) is 12.7. The van der Waals surface area contributed by atoms with Gasteiger partial charge in [0.05, 0.1) is 5.69 Å². The SMILES string of the molecule is CN(Cc1conc1C1CCC1)c1ccc(C(=O)N2CCNCC2)nn1. The van der Waals surface area contributed by atoms with E-state index >= 15 is 0 Å². The van der Waals surface area contributed by atoms with Crippen molar-refractivity contribution in [1.82, 2.24) is 25.6 Å². The number of nitrogens with zero attached hydrogens (tertiary/aromatic N) is 5. The predicted octanol–water partition coefficient (Wildman–Crippen LogP) is 1.41. The maximum atomic E-state index is 12.5. The molecule has 2 fully saturated rings. The second kappa shape index (κ2) is 7.41. The number of piperazine rings is 1. The Balaban J connectivity index is 1.41. The van der Waals surface area contributed by atoms with Gasteiger partial charge in [-0.05, 0) is 25.0 Å². The van der Waals surface area contributed by atoms with Gasteiger partial charge in [0, 0.05) is 51.3 Å². The molecule has 138 valence electrons. The minimum atomic E-state index is -0.0560. The van der Waals surface area contributed by atoms with E-state index in [-0.39, 0.29) is 5.91 Å². The summed E-state index contributed by atoms with van der Waals surface area (Å²) in [5, 5.41) is 15.8. The topological polar surface area (TPSA) is 87.4 Å². The molecule has 2 aromatic rings. The zero-order chi connectivity index (χ0) is 17.9. The summed E-state index contributed by atoms with van der Waals surface area (Å²) in [5.74, 6) is 1.20. The van der Waals surface area contributed by atoms with Crippen LogP contribution in [0.15, 0.2) is 22.9 Å². The fourth-order valence-electron chi connectivity index (χ4n) is 3.41. The van der Waals surface area contributed by atoms with Gasteiger partial charge in [0.2, 0.25) is 0 Å². The van der Waals surface area contributed by atoms with E-state index in [1.807, 2.05) is 22.9 Å². The van der Waals surface area contributed by atoms with Crippen LogP contribution in [0.3, 0.4) is 0 Å². The highest BCUT2D eigenvalue weighted by atomic mass is 16.5.